The number of nitrogens with zero attached hydrogens (tertiary/aromatic N) is 2. The van der Waals surface area contributed by atoms with Gasteiger partial charge in [0.25, 0.3) is 0 Å². The van der Waals surface area contributed by atoms with E-state index in [0.717, 1.165) is 36.8 Å². The first kappa shape index (κ1) is 14.8. The van der Waals surface area contributed by atoms with Gasteiger partial charge in [-0.2, -0.15) is 0 Å². The van der Waals surface area contributed by atoms with E-state index >= 15 is 0 Å². The van der Waals surface area contributed by atoms with Gasteiger partial charge in [-0.3, -0.25) is 14.9 Å². The summed E-state index contributed by atoms with van der Waals surface area (Å²) in [5.74, 6) is 0.0511. The molecule has 0 aromatic heterocycles. The largest absolute Gasteiger partial charge is 0.305 e. The van der Waals surface area contributed by atoms with E-state index in [1.54, 1.807) is 11.1 Å². The van der Waals surface area contributed by atoms with Crippen molar-refractivity contribution >= 4 is 12.0 Å². The number of rotatable bonds is 3. The van der Waals surface area contributed by atoms with Gasteiger partial charge in [0.1, 0.15) is 6.04 Å². The molecule has 5 heteroatoms. The molecule has 1 unspecified atom stereocenters. The van der Waals surface area contributed by atoms with Crippen LogP contribution in [0.15, 0.2) is 30.5 Å². The maximum atomic E-state index is 12.8. The van der Waals surface area contributed by atoms with E-state index in [4.69, 9.17) is 0 Å². The predicted octanol–water partition coefficient (Wildman–Crippen LogP) is 3.40. The molecule has 1 atom stereocenters. The van der Waals surface area contributed by atoms with Crippen LogP contribution in [0, 0.1) is 16.0 Å². The zero-order valence-electron chi connectivity index (χ0n) is 12.5. The highest BCUT2D eigenvalue weighted by Gasteiger charge is 2.35. The fourth-order valence-corrected chi connectivity index (χ4v) is 3.50. The number of nitro groups is 1. The van der Waals surface area contributed by atoms with Gasteiger partial charge in [-0.25, -0.2) is 0 Å². The highest BCUT2D eigenvalue weighted by molar-refractivity contribution is 5.82. The molecule has 1 heterocycles. The number of carbonyl (C=O) groups excluding carboxylic acids is 1. The van der Waals surface area contributed by atoms with E-state index in [1.807, 2.05) is 30.3 Å². The third-order valence-electron chi connectivity index (χ3n) is 4.64. The van der Waals surface area contributed by atoms with Crippen LogP contribution in [0.5, 0.6) is 0 Å². The first-order valence-corrected chi connectivity index (χ1v) is 7.88. The van der Waals surface area contributed by atoms with Crippen molar-refractivity contribution in [3.63, 3.8) is 0 Å². The summed E-state index contributed by atoms with van der Waals surface area (Å²) in [5, 5.41) is 11.1. The molecule has 0 saturated heterocycles. The first-order chi connectivity index (χ1) is 10.7. The minimum atomic E-state index is -0.495. The van der Waals surface area contributed by atoms with Crippen molar-refractivity contribution < 1.29 is 9.72 Å². The number of hydrogen-bond acceptors (Lipinski definition) is 3. The Labute approximate surface area is 129 Å². The summed E-state index contributed by atoms with van der Waals surface area (Å²) in [7, 11) is 0. The fourth-order valence-electron chi connectivity index (χ4n) is 3.50. The molecule has 2 aliphatic rings. The Kier molecular flexibility index (Phi) is 4.22. The predicted molar refractivity (Wildman–Crippen MR) is 83.5 cm³/mol. The van der Waals surface area contributed by atoms with Crippen LogP contribution in [0.3, 0.4) is 0 Å². The molecule has 1 saturated carbocycles. The van der Waals surface area contributed by atoms with Crippen LogP contribution in [-0.4, -0.2) is 22.3 Å². The third-order valence-corrected chi connectivity index (χ3v) is 4.64. The number of benzene rings is 1. The number of carbonyl (C=O) groups is 1. The first-order valence-electron chi connectivity index (χ1n) is 7.88. The van der Waals surface area contributed by atoms with Crippen molar-refractivity contribution in [2.45, 2.75) is 38.1 Å². The number of amides is 1. The van der Waals surface area contributed by atoms with Crippen LogP contribution in [0.2, 0.25) is 0 Å². The van der Waals surface area contributed by atoms with Crippen molar-refractivity contribution in [3.8, 4) is 0 Å². The fraction of sp³-hybridized carbons (Fsp3) is 0.471. The summed E-state index contributed by atoms with van der Waals surface area (Å²) in [6.07, 6.45) is 8.74. The Bertz CT molecular complexity index is 606. The molecule has 1 amide bonds. The second-order valence-corrected chi connectivity index (χ2v) is 6.06. The molecular weight excluding hydrogens is 280 g/mol. The van der Waals surface area contributed by atoms with E-state index in [1.165, 1.54) is 6.42 Å². The second kappa shape index (κ2) is 6.30. The van der Waals surface area contributed by atoms with Crippen LogP contribution in [-0.2, 0) is 4.79 Å². The average Bonchev–Trinajstić information content (AvgIpc) is 2.55. The third kappa shape index (κ3) is 2.89. The molecular formula is C17H20N2O3. The van der Waals surface area contributed by atoms with E-state index in [0.29, 0.717) is 0 Å². The molecule has 1 aliphatic carbocycles. The Morgan fingerprint density at radius 1 is 1.23 bits per heavy atom. The second-order valence-electron chi connectivity index (χ2n) is 6.06. The molecule has 1 aromatic rings. The van der Waals surface area contributed by atoms with Crippen LogP contribution in [0.4, 0.5) is 0 Å². The zero-order chi connectivity index (χ0) is 15.5. The summed E-state index contributed by atoms with van der Waals surface area (Å²) in [6, 6.07) is 7.10. The van der Waals surface area contributed by atoms with Crippen molar-refractivity contribution in [1.29, 1.82) is 0 Å². The Hall–Kier alpha value is -2.17. The molecule has 0 spiro atoms. The van der Waals surface area contributed by atoms with Crippen LogP contribution >= 0.6 is 0 Å². The maximum absolute atomic E-state index is 12.8. The highest BCUT2D eigenvalue weighted by Crippen LogP contribution is 2.34. The van der Waals surface area contributed by atoms with Crippen LogP contribution < -0.4 is 0 Å². The number of fused-ring (bicyclic) bond motifs is 1. The van der Waals surface area contributed by atoms with Gasteiger partial charge < -0.3 is 4.90 Å². The maximum Gasteiger partial charge on any atom is 0.230 e. The van der Waals surface area contributed by atoms with Gasteiger partial charge in [0.15, 0.2) is 0 Å². The molecule has 1 aromatic carbocycles. The summed E-state index contributed by atoms with van der Waals surface area (Å²) >= 11 is 0. The lowest BCUT2D eigenvalue weighted by atomic mass is 9.87. The topological polar surface area (TPSA) is 63.5 Å². The molecule has 1 fully saturated rings. The van der Waals surface area contributed by atoms with E-state index < -0.39 is 6.04 Å². The lowest BCUT2D eigenvalue weighted by Gasteiger charge is -2.34. The molecule has 5 nitrogen and oxygen atoms in total. The van der Waals surface area contributed by atoms with Crippen LogP contribution in [0.1, 0.15) is 49.3 Å². The smallest absolute Gasteiger partial charge is 0.230 e. The van der Waals surface area contributed by atoms with Gasteiger partial charge in [0.2, 0.25) is 12.5 Å². The van der Waals surface area contributed by atoms with Crippen LogP contribution in [0.25, 0.3) is 6.08 Å². The van der Waals surface area contributed by atoms with Crippen molar-refractivity contribution in [2.75, 3.05) is 6.54 Å². The molecule has 0 N–H and O–H groups in total. The molecule has 22 heavy (non-hydrogen) atoms. The van der Waals surface area contributed by atoms with E-state index in [2.05, 4.69) is 0 Å². The van der Waals surface area contributed by atoms with Gasteiger partial charge in [0, 0.05) is 17.0 Å². The molecule has 3 rings (SSSR count). The molecule has 0 radical (unpaired) electrons. The average molecular weight is 300 g/mol. The Balaban J connectivity index is 1.89. The van der Waals surface area contributed by atoms with Gasteiger partial charge >= 0.3 is 0 Å². The lowest BCUT2D eigenvalue weighted by Crippen LogP contribution is -2.40. The minimum Gasteiger partial charge on any atom is -0.305 e. The molecule has 1 aliphatic heterocycles. The summed E-state index contributed by atoms with van der Waals surface area (Å²) in [4.78, 5) is 25.1. The standard InChI is InChI=1S/C17H20N2O3/c20-17(14-7-2-1-3-8-14)18-11-10-13-6-4-5-9-15(13)16(18)12-19(21)22/h4-6,9-11,14,16H,1-3,7-8,12H2. The highest BCUT2D eigenvalue weighted by atomic mass is 16.6. The zero-order valence-corrected chi connectivity index (χ0v) is 12.5. The van der Waals surface area contributed by atoms with Gasteiger partial charge in [-0.05, 0) is 30.0 Å². The van der Waals surface area contributed by atoms with Crippen molar-refractivity contribution in [2.24, 2.45) is 5.92 Å². The molecule has 0 bridgehead atoms. The minimum absolute atomic E-state index is 0.0120. The van der Waals surface area contributed by atoms with Crippen molar-refractivity contribution in [3.05, 3.63) is 51.7 Å². The monoisotopic (exact) mass is 300 g/mol. The molecule has 116 valence electrons. The Morgan fingerprint density at radius 3 is 2.68 bits per heavy atom. The quantitative estimate of drug-likeness (QED) is 0.635. The summed E-state index contributed by atoms with van der Waals surface area (Å²) in [6.45, 7) is -0.250. The van der Waals surface area contributed by atoms with E-state index in [-0.39, 0.29) is 23.3 Å². The summed E-state index contributed by atoms with van der Waals surface area (Å²) < 4.78 is 0. The SMILES string of the molecule is O=C(C1CCCCC1)N1C=Cc2ccccc2C1C[N+](=O)[O-]. The number of hydrogen-bond donors (Lipinski definition) is 0. The van der Waals surface area contributed by atoms with Gasteiger partial charge in [-0.1, -0.05) is 43.5 Å². The summed E-state index contributed by atoms with van der Waals surface area (Å²) in [5.41, 5.74) is 1.83. The van der Waals surface area contributed by atoms with Gasteiger partial charge in [-0.15, -0.1) is 0 Å². The Morgan fingerprint density at radius 2 is 1.95 bits per heavy atom. The normalized spacial score (nSPS) is 21.5. The van der Waals surface area contributed by atoms with Gasteiger partial charge in [0.05, 0.1) is 0 Å². The van der Waals surface area contributed by atoms with Crippen molar-refractivity contribution in [1.82, 2.24) is 4.90 Å². The lowest BCUT2D eigenvalue weighted by molar-refractivity contribution is -0.486. The van der Waals surface area contributed by atoms with E-state index in [9.17, 15) is 14.9 Å².